The maximum atomic E-state index is 12.4. The van der Waals surface area contributed by atoms with E-state index in [9.17, 15) is 9.90 Å². The third-order valence-corrected chi connectivity index (χ3v) is 4.03. The van der Waals surface area contributed by atoms with Crippen molar-refractivity contribution >= 4 is 11.6 Å². The molecule has 3 aromatic rings. The number of nitrogens with zero attached hydrogens (tertiary/aromatic N) is 1. The lowest BCUT2D eigenvalue weighted by Gasteiger charge is -2.01. The van der Waals surface area contributed by atoms with Crippen LogP contribution in [0.15, 0.2) is 59.6 Å². The second-order valence-electron chi connectivity index (χ2n) is 5.60. The Morgan fingerprint density at radius 1 is 0.913 bits per heavy atom. The van der Waals surface area contributed by atoms with Gasteiger partial charge in [-0.25, -0.2) is 4.99 Å². The second-order valence-corrected chi connectivity index (χ2v) is 5.60. The normalized spacial score (nSPS) is 13.1. The van der Waals surface area contributed by atoms with Crippen LogP contribution in [0.5, 0.6) is 5.88 Å². The maximum Gasteiger partial charge on any atom is 0.280 e. The lowest BCUT2D eigenvalue weighted by Crippen LogP contribution is -1.99. The van der Waals surface area contributed by atoms with Gasteiger partial charge in [-0.1, -0.05) is 60.2 Å². The molecule has 112 valence electrons. The number of hydrogen-bond acceptors (Lipinski definition) is 2. The van der Waals surface area contributed by atoms with Crippen LogP contribution in [0, 0.1) is 6.92 Å². The summed E-state index contributed by atoms with van der Waals surface area (Å²) >= 11 is 0. The number of hydrogen-bond donors (Lipinski definition) is 2. The van der Waals surface area contributed by atoms with Gasteiger partial charge in [0.1, 0.15) is 0 Å². The van der Waals surface area contributed by atoms with Crippen LogP contribution in [0.4, 0.5) is 0 Å². The summed E-state index contributed by atoms with van der Waals surface area (Å²) in [5.74, 6) is -0.352. The van der Waals surface area contributed by atoms with Crippen LogP contribution in [0.25, 0.3) is 11.3 Å². The van der Waals surface area contributed by atoms with E-state index < -0.39 is 0 Å². The molecule has 0 atom stereocenters. The maximum absolute atomic E-state index is 12.4. The number of aromatic hydroxyl groups is 1. The molecule has 0 spiro atoms. The minimum Gasteiger partial charge on any atom is -0.494 e. The van der Waals surface area contributed by atoms with Gasteiger partial charge in [-0.2, -0.15) is 0 Å². The molecule has 2 N–H and O–H groups in total. The molecule has 4 heteroatoms. The standard InChI is InChI=1S/C19H14N2O2/c1-11-7-9-13(10-8-11)17-15-14(18(22)21-17)16(20-19(15)23)12-5-3-2-4-6-12/h2-10,20,23H,1H3. The van der Waals surface area contributed by atoms with Crippen molar-refractivity contribution in [2.75, 3.05) is 0 Å². The predicted molar refractivity (Wildman–Crippen MR) is 89.0 cm³/mol. The first kappa shape index (κ1) is 13.5. The molecule has 4 rings (SSSR count). The van der Waals surface area contributed by atoms with E-state index in [0.29, 0.717) is 22.5 Å². The SMILES string of the molecule is Cc1ccc(C2=NC(=O)c3c(-c4ccccc4)[nH]c(O)c32)cc1. The Kier molecular flexibility index (Phi) is 2.91. The molecule has 1 aliphatic rings. The van der Waals surface area contributed by atoms with E-state index in [4.69, 9.17) is 0 Å². The second kappa shape index (κ2) is 4.95. The fourth-order valence-corrected chi connectivity index (χ4v) is 2.89. The first-order chi connectivity index (χ1) is 11.1. The number of aliphatic imine (C=N–C) groups is 1. The number of rotatable bonds is 2. The Morgan fingerprint density at radius 3 is 2.30 bits per heavy atom. The van der Waals surface area contributed by atoms with E-state index in [-0.39, 0.29) is 11.8 Å². The first-order valence-electron chi connectivity index (χ1n) is 7.36. The lowest BCUT2D eigenvalue weighted by atomic mass is 9.99. The molecule has 0 saturated carbocycles. The third kappa shape index (κ3) is 2.07. The minimum absolute atomic E-state index is 0.0240. The van der Waals surface area contributed by atoms with Crippen molar-refractivity contribution in [3.63, 3.8) is 0 Å². The highest BCUT2D eigenvalue weighted by Gasteiger charge is 2.33. The fourth-order valence-electron chi connectivity index (χ4n) is 2.89. The number of aromatic amines is 1. The van der Waals surface area contributed by atoms with Crippen molar-refractivity contribution < 1.29 is 9.90 Å². The van der Waals surface area contributed by atoms with Crippen LogP contribution in [0.3, 0.4) is 0 Å². The van der Waals surface area contributed by atoms with Crippen LogP contribution in [-0.2, 0) is 0 Å². The van der Waals surface area contributed by atoms with Gasteiger partial charge in [0.2, 0.25) is 0 Å². The number of carbonyl (C=O) groups is 1. The summed E-state index contributed by atoms with van der Waals surface area (Å²) < 4.78 is 0. The van der Waals surface area contributed by atoms with E-state index in [0.717, 1.165) is 16.7 Å². The van der Waals surface area contributed by atoms with Crippen LogP contribution in [-0.4, -0.2) is 21.7 Å². The number of nitrogens with one attached hydrogen (secondary N) is 1. The summed E-state index contributed by atoms with van der Waals surface area (Å²) in [6.45, 7) is 2.00. The summed E-state index contributed by atoms with van der Waals surface area (Å²) in [4.78, 5) is 19.5. The van der Waals surface area contributed by atoms with E-state index in [2.05, 4.69) is 9.98 Å². The van der Waals surface area contributed by atoms with Crippen molar-refractivity contribution in [3.8, 4) is 17.1 Å². The zero-order valence-electron chi connectivity index (χ0n) is 12.5. The van der Waals surface area contributed by atoms with Gasteiger partial charge in [-0.3, -0.25) is 4.79 Å². The number of carbonyl (C=O) groups excluding carboxylic acids is 1. The molecule has 4 nitrogen and oxygen atoms in total. The van der Waals surface area contributed by atoms with Gasteiger partial charge >= 0.3 is 0 Å². The molecule has 0 radical (unpaired) electrons. The van der Waals surface area contributed by atoms with Gasteiger partial charge in [-0.05, 0) is 12.5 Å². The van der Waals surface area contributed by atoms with E-state index in [1.54, 1.807) is 0 Å². The van der Waals surface area contributed by atoms with Crippen LogP contribution >= 0.6 is 0 Å². The molecule has 0 unspecified atom stereocenters. The number of fused-ring (bicyclic) bond motifs is 1. The monoisotopic (exact) mass is 302 g/mol. The summed E-state index contributed by atoms with van der Waals surface area (Å²) in [5, 5.41) is 10.3. The highest BCUT2D eigenvalue weighted by Crippen LogP contribution is 2.37. The van der Waals surface area contributed by atoms with Crippen molar-refractivity contribution in [1.29, 1.82) is 0 Å². The van der Waals surface area contributed by atoms with E-state index >= 15 is 0 Å². The zero-order chi connectivity index (χ0) is 16.0. The number of aromatic nitrogens is 1. The van der Waals surface area contributed by atoms with Crippen LogP contribution in [0.2, 0.25) is 0 Å². The number of benzene rings is 2. The molecule has 0 bridgehead atoms. The molecule has 0 fully saturated rings. The minimum atomic E-state index is -0.328. The van der Waals surface area contributed by atoms with Gasteiger partial charge < -0.3 is 10.1 Å². The van der Waals surface area contributed by atoms with Gasteiger partial charge in [0.25, 0.3) is 5.91 Å². The molecular formula is C19H14N2O2. The largest absolute Gasteiger partial charge is 0.494 e. The van der Waals surface area contributed by atoms with E-state index in [1.807, 2.05) is 61.5 Å². The first-order valence-corrected chi connectivity index (χ1v) is 7.36. The highest BCUT2D eigenvalue weighted by molar-refractivity contribution is 6.30. The quantitative estimate of drug-likeness (QED) is 0.758. The summed E-state index contributed by atoms with van der Waals surface area (Å²) in [5.41, 5.74) is 4.83. The molecule has 1 aliphatic heterocycles. The average molecular weight is 302 g/mol. The average Bonchev–Trinajstić information content (AvgIpc) is 3.09. The van der Waals surface area contributed by atoms with Gasteiger partial charge in [-0.15, -0.1) is 0 Å². The number of H-pyrrole nitrogens is 1. The smallest absolute Gasteiger partial charge is 0.280 e. The Balaban J connectivity index is 1.89. The molecule has 23 heavy (non-hydrogen) atoms. The topological polar surface area (TPSA) is 65.5 Å². The van der Waals surface area contributed by atoms with Crippen molar-refractivity contribution in [3.05, 3.63) is 76.9 Å². The number of aryl methyl sites for hydroxylation is 1. The Bertz CT molecular complexity index is 936. The Morgan fingerprint density at radius 2 is 1.61 bits per heavy atom. The van der Waals surface area contributed by atoms with Gasteiger partial charge in [0.15, 0.2) is 5.88 Å². The summed E-state index contributed by atoms with van der Waals surface area (Å²) in [7, 11) is 0. The highest BCUT2D eigenvalue weighted by atomic mass is 16.3. The molecule has 1 amide bonds. The van der Waals surface area contributed by atoms with Gasteiger partial charge in [0, 0.05) is 5.56 Å². The Labute approximate surface area is 133 Å². The van der Waals surface area contributed by atoms with Gasteiger partial charge in [0.05, 0.1) is 22.5 Å². The summed E-state index contributed by atoms with van der Waals surface area (Å²) in [6, 6.07) is 17.2. The third-order valence-electron chi connectivity index (χ3n) is 4.03. The van der Waals surface area contributed by atoms with Crippen molar-refractivity contribution in [2.24, 2.45) is 4.99 Å². The predicted octanol–water partition coefficient (Wildman–Crippen LogP) is 3.69. The van der Waals surface area contributed by atoms with Crippen molar-refractivity contribution in [2.45, 2.75) is 6.92 Å². The fraction of sp³-hybridized carbons (Fsp3) is 0.0526. The molecule has 2 aromatic carbocycles. The zero-order valence-corrected chi connectivity index (χ0v) is 12.5. The number of amides is 1. The van der Waals surface area contributed by atoms with Crippen LogP contribution in [0.1, 0.15) is 27.0 Å². The van der Waals surface area contributed by atoms with E-state index in [1.165, 1.54) is 0 Å². The lowest BCUT2D eigenvalue weighted by molar-refractivity contribution is 0.101. The molecule has 0 saturated heterocycles. The Hall–Kier alpha value is -3.14. The summed E-state index contributed by atoms with van der Waals surface area (Å²) in [6.07, 6.45) is 0. The van der Waals surface area contributed by atoms with Crippen LogP contribution < -0.4 is 0 Å². The molecule has 0 aliphatic carbocycles. The molecule has 2 heterocycles. The molecular weight excluding hydrogens is 288 g/mol. The molecule has 1 aromatic heterocycles. The van der Waals surface area contributed by atoms with Crippen molar-refractivity contribution in [1.82, 2.24) is 4.98 Å².